The first-order valence-corrected chi connectivity index (χ1v) is 13.2. The molecule has 3 heterocycles. The molecule has 31 heavy (non-hydrogen) atoms. The number of piperidine rings is 1. The van der Waals surface area contributed by atoms with Crippen LogP contribution >= 0.6 is 11.3 Å². The van der Waals surface area contributed by atoms with Crippen LogP contribution < -0.4 is 0 Å². The lowest BCUT2D eigenvalue weighted by Gasteiger charge is -2.29. The number of carbonyl (C=O) groups excluding carboxylic acids is 1. The molecule has 0 aliphatic carbocycles. The SMILES string of the molecule is COC(=O)c1c(S(=O)(=O)N2CCCCC2)sc2c1CCN(CC(C)c1ccccc1)C2. The zero-order valence-electron chi connectivity index (χ0n) is 18.2. The summed E-state index contributed by atoms with van der Waals surface area (Å²) in [6.45, 7) is 5.61. The Balaban J connectivity index is 1.61. The Hall–Kier alpha value is -1.74. The van der Waals surface area contributed by atoms with Gasteiger partial charge in [-0.25, -0.2) is 13.2 Å². The Labute approximate surface area is 188 Å². The van der Waals surface area contributed by atoms with E-state index in [1.54, 1.807) is 0 Å². The first-order valence-electron chi connectivity index (χ1n) is 10.9. The van der Waals surface area contributed by atoms with Crippen LogP contribution in [0.15, 0.2) is 34.5 Å². The van der Waals surface area contributed by atoms with E-state index in [1.807, 2.05) is 6.07 Å². The second-order valence-corrected chi connectivity index (χ2v) is 11.7. The van der Waals surface area contributed by atoms with Crippen LogP contribution in [0.3, 0.4) is 0 Å². The summed E-state index contributed by atoms with van der Waals surface area (Å²) >= 11 is 1.26. The number of esters is 1. The molecular formula is C23H30N2O4S2. The number of hydrogen-bond donors (Lipinski definition) is 0. The van der Waals surface area contributed by atoms with Crippen molar-refractivity contribution >= 4 is 27.3 Å². The number of methoxy groups -OCH3 is 1. The van der Waals surface area contributed by atoms with Crippen LogP contribution in [0.1, 0.15) is 58.5 Å². The summed E-state index contributed by atoms with van der Waals surface area (Å²) in [7, 11) is -2.37. The third kappa shape index (κ3) is 4.58. The maximum absolute atomic E-state index is 13.4. The van der Waals surface area contributed by atoms with Gasteiger partial charge < -0.3 is 4.74 Å². The molecule has 1 fully saturated rings. The van der Waals surface area contributed by atoms with Crippen LogP contribution in [0.2, 0.25) is 0 Å². The lowest BCUT2D eigenvalue weighted by molar-refractivity contribution is 0.0595. The highest BCUT2D eigenvalue weighted by Gasteiger charge is 2.37. The quantitative estimate of drug-likeness (QED) is 0.610. The average Bonchev–Trinajstić information content (AvgIpc) is 3.19. The molecule has 6 nitrogen and oxygen atoms in total. The summed E-state index contributed by atoms with van der Waals surface area (Å²) in [6, 6.07) is 10.4. The Kier molecular flexibility index (Phi) is 6.81. The van der Waals surface area contributed by atoms with Gasteiger partial charge in [0.25, 0.3) is 10.0 Å². The number of carbonyl (C=O) groups is 1. The molecule has 1 atom stereocenters. The molecule has 168 valence electrons. The lowest BCUT2D eigenvalue weighted by Crippen LogP contribution is -2.36. The highest BCUT2D eigenvalue weighted by atomic mass is 32.2. The van der Waals surface area contributed by atoms with Crippen molar-refractivity contribution in [3.8, 4) is 0 Å². The summed E-state index contributed by atoms with van der Waals surface area (Å²) in [5.74, 6) is -0.168. The van der Waals surface area contributed by atoms with Gasteiger partial charge in [-0.2, -0.15) is 4.31 Å². The minimum atomic E-state index is -3.69. The van der Waals surface area contributed by atoms with Gasteiger partial charge in [-0.1, -0.05) is 43.7 Å². The monoisotopic (exact) mass is 462 g/mol. The van der Waals surface area contributed by atoms with Crippen molar-refractivity contribution in [2.24, 2.45) is 0 Å². The van der Waals surface area contributed by atoms with Gasteiger partial charge in [0.1, 0.15) is 4.21 Å². The molecule has 0 amide bonds. The largest absolute Gasteiger partial charge is 0.465 e. The van der Waals surface area contributed by atoms with Crippen LogP contribution in [-0.4, -0.2) is 56.9 Å². The normalized spacial score (nSPS) is 19.0. The molecular weight excluding hydrogens is 432 g/mol. The molecule has 0 saturated carbocycles. The number of nitrogens with zero attached hydrogens (tertiary/aromatic N) is 2. The standard InChI is InChI=1S/C23H30N2O4S2/c1-17(18-9-5-3-6-10-18)15-24-14-11-19-20(16-24)30-23(21(19)22(26)29-2)31(27,28)25-12-7-4-8-13-25/h3,5-6,9-10,17H,4,7-8,11-16H2,1-2H3. The maximum Gasteiger partial charge on any atom is 0.340 e. The predicted molar refractivity (Wildman–Crippen MR) is 122 cm³/mol. The van der Waals surface area contributed by atoms with Gasteiger partial charge >= 0.3 is 5.97 Å². The number of rotatable bonds is 6. The van der Waals surface area contributed by atoms with Crippen LogP contribution in [0.4, 0.5) is 0 Å². The summed E-state index contributed by atoms with van der Waals surface area (Å²) < 4.78 is 33.5. The molecule has 0 N–H and O–H groups in total. The molecule has 2 aromatic rings. The van der Waals surface area contributed by atoms with Crippen molar-refractivity contribution in [2.45, 2.75) is 49.3 Å². The fourth-order valence-corrected chi connectivity index (χ4v) is 8.16. The molecule has 0 radical (unpaired) electrons. The van der Waals surface area contributed by atoms with E-state index in [9.17, 15) is 13.2 Å². The highest BCUT2D eigenvalue weighted by Crippen LogP contribution is 2.39. The number of fused-ring (bicyclic) bond motifs is 1. The summed E-state index contributed by atoms with van der Waals surface area (Å²) in [6.07, 6.45) is 3.44. The molecule has 8 heteroatoms. The minimum Gasteiger partial charge on any atom is -0.465 e. The number of thiophene rings is 1. The molecule has 1 saturated heterocycles. The summed E-state index contributed by atoms with van der Waals surface area (Å²) in [5.41, 5.74) is 2.42. The van der Waals surface area contributed by atoms with Gasteiger partial charge in [-0.3, -0.25) is 4.90 Å². The Morgan fingerprint density at radius 3 is 2.52 bits per heavy atom. The highest BCUT2D eigenvalue weighted by molar-refractivity contribution is 7.91. The molecule has 1 aromatic carbocycles. The van der Waals surface area contributed by atoms with Crippen LogP contribution in [0.5, 0.6) is 0 Å². The lowest BCUT2D eigenvalue weighted by atomic mass is 9.98. The Morgan fingerprint density at radius 2 is 1.84 bits per heavy atom. The first kappa shape index (κ1) is 22.5. The summed E-state index contributed by atoms with van der Waals surface area (Å²) in [5, 5.41) is 0. The number of sulfonamides is 1. The molecule has 1 unspecified atom stereocenters. The molecule has 1 aromatic heterocycles. The van der Waals surface area contributed by atoms with E-state index in [0.717, 1.165) is 42.8 Å². The van der Waals surface area contributed by atoms with Crippen LogP contribution in [0.25, 0.3) is 0 Å². The van der Waals surface area contributed by atoms with Crippen molar-refractivity contribution in [1.29, 1.82) is 0 Å². The van der Waals surface area contributed by atoms with E-state index < -0.39 is 16.0 Å². The fourth-order valence-electron chi connectivity index (χ4n) is 4.57. The van der Waals surface area contributed by atoms with E-state index in [4.69, 9.17) is 4.74 Å². The smallest absolute Gasteiger partial charge is 0.340 e. The topological polar surface area (TPSA) is 66.9 Å². The first-order chi connectivity index (χ1) is 14.9. The molecule has 4 rings (SSSR count). The van der Waals surface area contributed by atoms with Crippen LogP contribution in [0, 0.1) is 0 Å². The second kappa shape index (κ2) is 9.40. The number of ether oxygens (including phenoxy) is 1. The second-order valence-electron chi connectivity index (χ2n) is 8.42. The molecule has 0 bridgehead atoms. The van der Waals surface area contributed by atoms with Gasteiger partial charge in [0.15, 0.2) is 0 Å². The predicted octanol–water partition coefficient (Wildman–Crippen LogP) is 3.87. The van der Waals surface area contributed by atoms with Crippen LogP contribution in [-0.2, 0) is 27.7 Å². The van der Waals surface area contributed by atoms with Gasteiger partial charge in [-0.05, 0) is 36.3 Å². The molecule has 2 aliphatic rings. The number of benzene rings is 1. The van der Waals surface area contributed by atoms with E-state index >= 15 is 0 Å². The molecule has 2 aliphatic heterocycles. The van der Waals surface area contributed by atoms with E-state index in [2.05, 4.69) is 36.1 Å². The minimum absolute atomic E-state index is 0.171. The van der Waals surface area contributed by atoms with Gasteiger partial charge in [0.05, 0.1) is 12.7 Å². The van der Waals surface area contributed by atoms with Crippen molar-refractivity contribution < 1.29 is 17.9 Å². The van der Waals surface area contributed by atoms with E-state index in [-0.39, 0.29) is 9.77 Å². The average molecular weight is 463 g/mol. The zero-order valence-corrected chi connectivity index (χ0v) is 19.8. The third-order valence-electron chi connectivity index (χ3n) is 6.28. The molecule has 0 spiro atoms. The van der Waals surface area contributed by atoms with Gasteiger partial charge in [0, 0.05) is 37.6 Å². The van der Waals surface area contributed by atoms with Crippen molar-refractivity contribution in [3.05, 3.63) is 51.9 Å². The van der Waals surface area contributed by atoms with Crippen molar-refractivity contribution in [2.75, 3.05) is 33.3 Å². The van der Waals surface area contributed by atoms with E-state index in [1.165, 1.54) is 28.3 Å². The van der Waals surface area contributed by atoms with Gasteiger partial charge in [0.2, 0.25) is 0 Å². The van der Waals surface area contributed by atoms with E-state index in [0.29, 0.717) is 32.0 Å². The third-order valence-corrected chi connectivity index (χ3v) is 9.89. The van der Waals surface area contributed by atoms with Gasteiger partial charge in [-0.15, -0.1) is 11.3 Å². The van der Waals surface area contributed by atoms with Crippen molar-refractivity contribution in [3.63, 3.8) is 0 Å². The Morgan fingerprint density at radius 1 is 1.13 bits per heavy atom. The number of hydrogen-bond acceptors (Lipinski definition) is 6. The van der Waals surface area contributed by atoms with Crippen molar-refractivity contribution in [1.82, 2.24) is 9.21 Å². The maximum atomic E-state index is 13.4. The Bertz CT molecular complexity index is 1030. The fraction of sp³-hybridized carbons (Fsp3) is 0.522. The zero-order chi connectivity index (χ0) is 22.0. The summed E-state index contributed by atoms with van der Waals surface area (Å²) in [4.78, 5) is 16.0.